The monoisotopic (exact) mass is 240 g/mol. The summed E-state index contributed by atoms with van der Waals surface area (Å²) in [6, 6.07) is 4.90. The summed E-state index contributed by atoms with van der Waals surface area (Å²) in [5.74, 6) is 0.00965. The van der Waals surface area contributed by atoms with Crippen LogP contribution < -0.4 is 0 Å². The van der Waals surface area contributed by atoms with Gasteiger partial charge < -0.3 is 0 Å². The Balaban J connectivity index is 0.00000106. The van der Waals surface area contributed by atoms with Crippen molar-refractivity contribution in [1.82, 2.24) is 0 Å². The molecule has 0 fully saturated rings. The Morgan fingerprint density at radius 3 is 2.19 bits per heavy atom. The Kier molecular flexibility index (Phi) is 6.66. The average Bonchev–Trinajstić information content (AvgIpc) is 2.30. The van der Waals surface area contributed by atoms with Gasteiger partial charge in [0.2, 0.25) is 0 Å². The standard InChI is InChI=1S/C11H11ClO2.C2H6/c1-3-8-6-9(11(12)14)4-5-10(8)7(2)13;1-2/h4-6H,3H2,1-2H3;1-2H3. The molecule has 1 aromatic carbocycles. The van der Waals surface area contributed by atoms with Gasteiger partial charge in [-0.1, -0.05) is 26.8 Å². The van der Waals surface area contributed by atoms with Crippen LogP contribution in [0.4, 0.5) is 0 Å². The van der Waals surface area contributed by atoms with Gasteiger partial charge in [0, 0.05) is 11.1 Å². The van der Waals surface area contributed by atoms with E-state index in [1.165, 1.54) is 6.92 Å². The first-order valence-electron chi connectivity index (χ1n) is 5.40. The van der Waals surface area contributed by atoms with Crippen LogP contribution in [0.1, 0.15) is 54.0 Å². The third-order valence-electron chi connectivity index (χ3n) is 2.09. The van der Waals surface area contributed by atoms with Gasteiger partial charge in [-0.3, -0.25) is 9.59 Å². The quantitative estimate of drug-likeness (QED) is 0.594. The molecular weight excluding hydrogens is 224 g/mol. The van der Waals surface area contributed by atoms with Crippen molar-refractivity contribution in [3.8, 4) is 0 Å². The summed E-state index contributed by atoms with van der Waals surface area (Å²) in [7, 11) is 0. The highest BCUT2D eigenvalue weighted by atomic mass is 35.5. The molecule has 2 nitrogen and oxygen atoms in total. The molecule has 0 radical (unpaired) electrons. The van der Waals surface area contributed by atoms with Crippen molar-refractivity contribution in [2.45, 2.75) is 34.1 Å². The second kappa shape index (κ2) is 7.18. The summed E-state index contributed by atoms with van der Waals surface area (Å²) in [5.41, 5.74) is 1.96. The molecule has 0 aromatic heterocycles. The number of halogens is 1. The van der Waals surface area contributed by atoms with E-state index in [0.717, 1.165) is 5.56 Å². The first kappa shape index (κ1) is 14.8. The zero-order valence-electron chi connectivity index (χ0n) is 10.1. The molecule has 0 spiro atoms. The van der Waals surface area contributed by atoms with Crippen molar-refractivity contribution >= 4 is 22.6 Å². The number of rotatable bonds is 3. The molecule has 88 valence electrons. The number of Topliss-reactive ketones (excluding diaryl/α,β-unsaturated/α-hetero) is 1. The first-order chi connectivity index (χ1) is 7.56. The zero-order valence-corrected chi connectivity index (χ0v) is 10.9. The molecule has 0 unspecified atom stereocenters. The maximum absolute atomic E-state index is 11.2. The van der Waals surface area contributed by atoms with Gasteiger partial charge >= 0.3 is 0 Å². The Hall–Kier alpha value is -1.15. The molecule has 0 aliphatic heterocycles. The molecule has 0 amide bonds. The summed E-state index contributed by atoms with van der Waals surface area (Å²) in [5, 5.41) is -0.491. The number of hydrogen-bond donors (Lipinski definition) is 0. The van der Waals surface area contributed by atoms with Crippen LogP contribution in [0.2, 0.25) is 0 Å². The van der Waals surface area contributed by atoms with Crippen LogP contribution in [0.15, 0.2) is 18.2 Å². The molecule has 0 atom stereocenters. The number of hydrogen-bond acceptors (Lipinski definition) is 2. The fourth-order valence-electron chi connectivity index (χ4n) is 1.35. The van der Waals surface area contributed by atoms with E-state index >= 15 is 0 Å². The lowest BCUT2D eigenvalue weighted by Gasteiger charge is -2.05. The Bertz CT molecular complexity index is 384. The van der Waals surface area contributed by atoms with E-state index in [-0.39, 0.29) is 5.78 Å². The smallest absolute Gasteiger partial charge is 0.252 e. The number of carbonyl (C=O) groups is 2. The van der Waals surface area contributed by atoms with E-state index in [0.29, 0.717) is 17.5 Å². The van der Waals surface area contributed by atoms with Gasteiger partial charge in [-0.15, -0.1) is 0 Å². The van der Waals surface area contributed by atoms with Gasteiger partial charge in [0.05, 0.1) is 0 Å². The molecule has 0 heterocycles. The molecule has 0 saturated carbocycles. The fraction of sp³-hybridized carbons (Fsp3) is 0.385. The Morgan fingerprint density at radius 2 is 1.81 bits per heavy atom. The van der Waals surface area contributed by atoms with Crippen LogP contribution in [0, 0.1) is 0 Å². The van der Waals surface area contributed by atoms with Crippen LogP contribution in [0.5, 0.6) is 0 Å². The maximum atomic E-state index is 11.2. The first-order valence-corrected chi connectivity index (χ1v) is 5.77. The second-order valence-corrected chi connectivity index (χ2v) is 3.40. The fourth-order valence-corrected chi connectivity index (χ4v) is 1.47. The van der Waals surface area contributed by atoms with E-state index in [2.05, 4.69) is 0 Å². The van der Waals surface area contributed by atoms with E-state index < -0.39 is 5.24 Å². The van der Waals surface area contributed by atoms with Gasteiger partial charge in [-0.25, -0.2) is 0 Å². The molecule has 3 heteroatoms. The van der Waals surface area contributed by atoms with E-state index in [9.17, 15) is 9.59 Å². The molecule has 0 N–H and O–H groups in total. The summed E-state index contributed by atoms with van der Waals surface area (Å²) in [6.45, 7) is 7.45. The number of carbonyl (C=O) groups excluding carboxylic acids is 2. The largest absolute Gasteiger partial charge is 0.295 e. The highest BCUT2D eigenvalue weighted by Crippen LogP contribution is 2.15. The van der Waals surface area contributed by atoms with Crippen LogP contribution in [-0.4, -0.2) is 11.0 Å². The van der Waals surface area contributed by atoms with Crippen molar-refractivity contribution < 1.29 is 9.59 Å². The summed E-state index contributed by atoms with van der Waals surface area (Å²) >= 11 is 5.34. The highest BCUT2D eigenvalue weighted by molar-refractivity contribution is 6.67. The maximum Gasteiger partial charge on any atom is 0.252 e. The number of ketones is 1. The summed E-state index contributed by atoms with van der Waals surface area (Å²) in [4.78, 5) is 22.1. The normalized spacial score (nSPS) is 9.06. The van der Waals surface area contributed by atoms with E-state index in [4.69, 9.17) is 11.6 Å². The number of aryl methyl sites for hydroxylation is 1. The van der Waals surface area contributed by atoms with Gasteiger partial charge in [0.15, 0.2) is 5.78 Å². The minimum Gasteiger partial charge on any atom is -0.295 e. The van der Waals surface area contributed by atoms with E-state index in [1.54, 1.807) is 18.2 Å². The van der Waals surface area contributed by atoms with Crippen LogP contribution >= 0.6 is 11.6 Å². The zero-order chi connectivity index (χ0) is 12.7. The lowest BCUT2D eigenvalue weighted by Crippen LogP contribution is -2.01. The van der Waals surface area contributed by atoms with Crippen LogP contribution in [-0.2, 0) is 6.42 Å². The van der Waals surface area contributed by atoms with Crippen molar-refractivity contribution in [3.63, 3.8) is 0 Å². The Labute approximate surface area is 102 Å². The number of benzene rings is 1. The minimum absolute atomic E-state index is 0.00965. The van der Waals surface area contributed by atoms with Crippen molar-refractivity contribution in [2.24, 2.45) is 0 Å². The highest BCUT2D eigenvalue weighted by Gasteiger charge is 2.09. The third kappa shape index (κ3) is 3.78. The van der Waals surface area contributed by atoms with Crippen LogP contribution in [0.3, 0.4) is 0 Å². The topological polar surface area (TPSA) is 34.1 Å². The van der Waals surface area contributed by atoms with Crippen molar-refractivity contribution in [3.05, 3.63) is 34.9 Å². The van der Waals surface area contributed by atoms with Crippen LogP contribution in [0.25, 0.3) is 0 Å². The molecule has 0 aliphatic rings. The average molecular weight is 241 g/mol. The van der Waals surface area contributed by atoms with Gasteiger partial charge in [-0.2, -0.15) is 0 Å². The second-order valence-electron chi connectivity index (χ2n) is 3.06. The molecule has 0 bridgehead atoms. The van der Waals surface area contributed by atoms with Gasteiger partial charge in [0.25, 0.3) is 5.24 Å². The molecule has 0 saturated heterocycles. The summed E-state index contributed by atoms with van der Waals surface area (Å²) in [6.07, 6.45) is 0.715. The molecule has 1 aromatic rings. The molecule has 16 heavy (non-hydrogen) atoms. The van der Waals surface area contributed by atoms with Crippen molar-refractivity contribution in [2.75, 3.05) is 0 Å². The van der Waals surface area contributed by atoms with Gasteiger partial charge in [0.1, 0.15) is 0 Å². The predicted octanol–water partition coefficient (Wildman–Crippen LogP) is 3.86. The Morgan fingerprint density at radius 1 is 1.25 bits per heavy atom. The third-order valence-corrected chi connectivity index (χ3v) is 2.31. The lowest BCUT2D eigenvalue weighted by atomic mass is 10.00. The molecule has 0 aliphatic carbocycles. The lowest BCUT2D eigenvalue weighted by molar-refractivity contribution is 0.101. The SMILES string of the molecule is CC.CCc1cc(C(=O)Cl)ccc1C(C)=O. The van der Waals surface area contributed by atoms with Crippen molar-refractivity contribution in [1.29, 1.82) is 0 Å². The minimum atomic E-state index is -0.491. The summed E-state index contributed by atoms with van der Waals surface area (Å²) < 4.78 is 0. The van der Waals surface area contributed by atoms with Gasteiger partial charge in [-0.05, 0) is 42.6 Å². The van der Waals surface area contributed by atoms with E-state index in [1.807, 2.05) is 20.8 Å². The molecular formula is C13H17ClO2. The predicted molar refractivity (Wildman–Crippen MR) is 67.4 cm³/mol. The molecule has 1 rings (SSSR count).